The van der Waals surface area contributed by atoms with Crippen LogP contribution in [-0.2, 0) is 9.59 Å². The summed E-state index contributed by atoms with van der Waals surface area (Å²) in [5, 5.41) is -0.0260. The van der Waals surface area contributed by atoms with Gasteiger partial charge in [-0.25, -0.2) is 4.90 Å². The van der Waals surface area contributed by atoms with Crippen molar-refractivity contribution in [3.63, 3.8) is 0 Å². The van der Waals surface area contributed by atoms with E-state index in [2.05, 4.69) is 53.4 Å². The van der Waals surface area contributed by atoms with Gasteiger partial charge < -0.3 is 9.64 Å². The van der Waals surface area contributed by atoms with E-state index in [1.54, 1.807) is 31.4 Å². The number of carbonyl (C=O) groups is 2. The van der Waals surface area contributed by atoms with Crippen LogP contribution in [0.4, 0.5) is 5.69 Å². The normalized spacial score (nSPS) is 17.0. The molecule has 178 valence electrons. The Morgan fingerprint density at radius 2 is 1.29 bits per heavy atom. The highest BCUT2D eigenvalue weighted by atomic mass is 35.5. The van der Waals surface area contributed by atoms with E-state index < -0.39 is 5.91 Å². The average molecular weight is 488 g/mol. The standard InChI is InChI=1S/C28H26ClN3O3/c1-35-23-14-12-22(13-15-23)32-27(33)24(29)26(28(32)34)31-18-16-30(17-19-31)25(20-8-4-2-5-9-20)21-10-6-3-7-11-21/h2-15,25H,16-19H2,1H3. The number of anilines is 1. The SMILES string of the molecule is COc1ccc(N2C(=O)C(Cl)=C(N3CCN(C(c4ccccc4)c4ccccc4)CC3)C2=O)cc1. The third-order valence-electron chi connectivity index (χ3n) is 6.56. The number of hydrogen-bond acceptors (Lipinski definition) is 5. The number of imide groups is 1. The van der Waals surface area contributed by atoms with Crippen molar-refractivity contribution in [1.29, 1.82) is 0 Å². The van der Waals surface area contributed by atoms with E-state index in [-0.39, 0.29) is 22.7 Å². The van der Waals surface area contributed by atoms with Gasteiger partial charge in [-0.05, 0) is 35.4 Å². The first-order chi connectivity index (χ1) is 17.1. The molecule has 1 fully saturated rings. The maximum Gasteiger partial charge on any atom is 0.283 e. The van der Waals surface area contributed by atoms with Gasteiger partial charge in [0.05, 0.1) is 18.8 Å². The highest BCUT2D eigenvalue weighted by molar-refractivity contribution is 6.52. The van der Waals surface area contributed by atoms with E-state index in [4.69, 9.17) is 16.3 Å². The number of benzene rings is 3. The van der Waals surface area contributed by atoms with Gasteiger partial charge in [-0.1, -0.05) is 72.3 Å². The van der Waals surface area contributed by atoms with Gasteiger partial charge in [0.25, 0.3) is 11.8 Å². The van der Waals surface area contributed by atoms with E-state index in [1.807, 2.05) is 17.0 Å². The summed E-state index contributed by atoms with van der Waals surface area (Å²) in [7, 11) is 1.57. The molecule has 0 spiro atoms. The van der Waals surface area contributed by atoms with Crippen molar-refractivity contribution >= 4 is 29.1 Å². The summed E-state index contributed by atoms with van der Waals surface area (Å²) >= 11 is 6.44. The third-order valence-corrected chi connectivity index (χ3v) is 6.90. The van der Waals surface area contributed by atoms with Crippen LogP contribution >= 0.6 is 11.6 Å². The molecular formula is C28H26ClN3O3. The maximum absolute atomic E-state index is 13.3. The predicted octanol–water partition coefficient (Wildman–Crippen LogP) is 4.43. The first kappa shape index (κ1) is 23.1. The van der Waals surface area contributed by atoms with Gasteiger partial charge in [0, 0.05) is 26.2 Å². The molecule has 6 nitrogen and oxygen atoms in total. The van der Waals surface area contributed by atoms with E-state index in [0.29, 0.717) is 24.5 Å². The quantitative estimate of drug-likeness (QED) is 0.482. The van der Waals surface area contributed by atoms with E-state index in [1.165, 1.54) is 11.1 Å². The zero-order chi connectivity index (χ0) is 24.4. The van der Waals surface area contributed by atoms with Crippen LogP contribution in [0.2, 0.25) is 0 Å². The van der Waals surface area contributed by atoms with Crippen LogP contribution in [0.1, 0.15) is 17.2 Å². The van der Waals surface area contributed by atoms with Gasteiger partial charge in [-0.3, -0.25) is 14.5 Å². The summed E-state index contributed by atoms with van der Waals surface area (Å²) in [5.74, 6) is -0.235. The molecule has 3 aromatic carbocycles. The summed E-state index contributed by atoms with van der Waals surface area (Å²) in [6.07, 6.45) is 0. The Morgan fingerprint density at radius 3 is 1.80 bits per heavy atom. The summed E-state index contributed by atoms with van der Waals surface area (Å²) in [6.45, 7) is 2.65. The molecule has 0 unspecified atom stereocenters. The molecule has 0 radical (unpaired) electrons. The second kappa shape index (κ2) is 9.94. The second-order valence-corrected chi connectivity index (χ2v) is 8.93. The van der Waals surface area contributed by atoms with E-state index in [0.717, 1.165) is 18.0 Å². The fraction of sp³-hybridized carbons (Fsp3) is 0.214. The minimum Gasteiger partial charge on any atom is -0.497 e. The van der Waals surface area contributed by atoms with Gasteiger partial charge in [0.2, 0.25) is 0 Å². The number of carbonyl (C=O) groups excluding carboxylic acids is 2. The van der Waals surface area contributed by atoms with Crippen LogP contribution in [0.15, 0.2) is 95.7 Å². The lowest BCUT2D eigenvalue weighted by Crippen LogP contribution is -2.48. The van der Waals surface area contributed by atoms with E-state index >= 15 is 0 Å². The Bertz CT molecular complexity index is 1200. The van der Waals surface area contributed by atoms with Crippen molar-refractivity contribution in [3.8, 4) is 5.75 Å². The zero-order valence-electron chi connectivity index (χ0n) is 19.4. The molecule has 2 aliphatic rings. The van der Waals surface area contributed by atoms with Crippen molar-refractivity contribution in [2.24, 2.45) is 0 Å². The molecule has 0 aliphatic carbocycles. The molecule has 7 heteroatoms. The number of ether oxygens (including phenoxy) is 1. The summed E-state index contributed by atoms with van der Waals surface area (Å²) in [6, 6.07) is 27.8. The lowest BCUT2D eigenvalue weighted by atomic mass is 9.96. The van der Waals surface area contributed by atoms with Gasteiger partial charge in [-0.15, -0.1) is 0 Å². The lowest BCUT2D eigenvalue weighted by molar-refractivity contribution is -0.121. The molecule has 0 bridgehead atoms. The number of amides is 2. The van der Waals surface area contributed by atoms with Crippen molar-refractivity contribution in [2.45, 2.75) is 6.04 Å². The Morgan fingerprint density at radius 1 is 0.743 bits per heavy atom. The molecule has 35 heavy (non-hydrogen) atoms. The number of methoxy groups -OCH3 is 1. The Labute approximate surface area is 210 Å². The highest BCUT2D eigenvalue weighted by Crippen LogP contribution is 2.34. The third kappa shape index (κ3) is 4.43. The molecule has 2 heterocycles. The number of nitrogens with zero attached hydrogens (tertiary/aromatic N) is 3. The molecule has 1 saturated heterocycles. The Kier molecular flexibility index (Phi) is 6.57. The first-order valence-corrected chi connectivity index (χ1v) is 12.0. The number of rotatable bonds is 6. The molecule has 0 atom stereocenters. The topological polar surface area (TPSA) is 53.1 Å². The van der Waals surface area contributed by atoms with Gasteiger partial charge in [0.1, 0.15) is 16.5 Å². The molecule has 0 N–H and O–H groups in total. The molecule has 2 aliphatic heterocycles. The monoisotopic (exact) mass is 487 g/mol. The number of hydrogen-bond donors (Lipinski definition) is 0. The smallest absolute Gasteiger partial charge is 0.283 e. The average Bonchev–Trinajstić information content (AvgIpc) is 3.13. The maximum atomic E-state index is 13.3. The van der Waals surface area contributed by atoms with Crippen molar-refractivity contribution in [2.75, 3.05) is 38.2 Å². The fourth-order valence-corrected chi connectivity index (χ4v) is 5.10. The fourth-order valence-electron chi connectivity index (χ4n) is 4.82. The molecule has 0 aromatic heterocycles. The van der Waals surface area contributed by atoms with Crippen LogP contribution in [-0.4, -0.2) is 54.9 Å². The van der Waals surface area contributed by atoms with Crippen LogP contribution in [0, 0.1) is 0 Å². The molecule has 3 aromatic rings. The summed E-state index contributed by atoms with van der Waals surface area (Å²) < 4.78 is 5.18. The van der Waals surface area contributed by atoms with Gasteiger partial charge >= 0.3 is 0 Å². The summed E-state index contributed by atoms with van der Waals surface area (Å²) in [4.78, 5) is 31.7. The number of halogens is 1. The van der Waals surface area contributed by atoms with Crippen molar-refractivity contribution in [1.82, 2.24) is 9.80 Å². The summed E-state index contributed by atoms with van der Waals surface area (Å²) in [5.41, 5.74) is 3.20. The number of piperazine rings is 1. The van der Waals surface area contributed by atoms with Crippen LogP contribution in [0.5, 0.6) is 5.75 Å². The minimum absolute atomic E-state index is 0.0260. The molecular weight excluding hydrogens is 462 g/mol. The molecule has 2 amide bonds. The first-order valence-electron chi connectivity index (χ1n) is 11.6. The van der Waals surface area contributed by atoms with Gasteiger partial charge in [-0.2, -0.15) is 0 Å². The van der Waals surface area contributed by atoms with E-state index in [9.17, 15) is 9.59 Å². The minimum atomic E-state index is -0.495. The highest BCUT2D eigenvalue weighted by Gasteiger charge is 2.42. The largest absolute Gasteiger partial charge is 0.497 e. The van der Waals surface area contributed by atoms with Crippen molar-refractivity contribution < 1.29 is 14.3 Å². The molecule has 5 rings (SSSR count). The van der Waals surface area contributed by atoms with Crippen LogP contribution < -0.4 is 9.64 Å². The van der Waals surface area contributed by atoms with Crippen molar-refractivity contribution in [3.05, 3.63) is 107 Å². The second-order valence-electron chi connectivity index (χ2n) is 8.55. The van der Waals surface area contributed by atoms with Gasteiger partial charge in [0.15, 0.2) is 0 Å². The Hall–Kier alpha value is -3.61. The Balaban J connectivity index is 1.34. The predicted molar refractivity (Wildman–Crippen MR) is 136 cm³/mol. The van der Waals surface area contributed by atoms with Crippen LogP contribution in [0.25, 0.3) is 0 Å². The lowest BCUT2D eigenvalue weighted by Gasteiger charge is -2.40. The zero-order valence-corrected chi connectivity index (χ0v) is 20.2. The molecule has 0 saturated carbocycles. The van der Waals surface area contributed by atoms with Crippen LogP contribution in [0.3, 0.4) is 0 Å².